The van der Waals surface area contributed by atoms with E-state index in [-0.39, 0.29) is 17.1 Å². The quantitative estimate of drug-likeness (QED) is 0.589. The molecule has 0 aliphatic heterocycles. The van der Waals surface area contributed by atoms with Crippen molar-refractivity contribution in [3.63, 3.8) is 0 Å². The van der Waals surface area contributed by atoms with Crippen LogP contribution in [-0.2, 0) is 21.7 Å². The number of para-hydroxylation sites is 1. The molecule has 0 bridgehead atoms. The van der Waals surface area contributed by atoms with Crippen molar-refractivity contribution in [1.29, 1.82) is 0 Å². The summed E-state index contributed by atoms with van der Waals surface area (Å²) >= 11 is 7.14. The van der Waals surface area contributed by atoms with E-state index in [9.17, 15) is 13.2 Å². The van der Waals surface area contributed by atoms with Crippen molar-refractivity contribution in [2.45, 2.75) is 18.2 Å². The molecule has 0 aliphatic carbocycles. The molecular weight excluding hydrogens is 420 g/mol. The van der Waals surface area contributed by atoms with E-state index >= 15 is 0 Å². The van der Waals surface area contributed by atoms with Gasteiger partial charge in [-0.2, -0.15) is 4.99 Å². The highest BCUT2D eigenvalue weighted by Gasteiger charge is 2.17. The number of carbonyl (C=O) groups excluding carboxylic acids is 1. The SMILES string of the molecule is CCOc1cccc2sc(=NC(=O)CCS(=O)(=O)c3ccc(Cl)cc3)n(C)c12. The first-order valence-corrected chi connectivity index (χ1v) is 11.4. The van der Waals surface area contributed by atoms with Gasteiger partial charge in [-0.05, 0) is 43.3 Å². The number of sulfone groups is 1. The Morgan fingerprint density at radius 1 is 1.21 bits per heavy atom. The molecule has 3 rings (SSSR count). The zero-order chi connectivity index (χ0) is 20.3. The van der Waals surface area contributed by atoms with Gasteiger partial charge in [0.25, 0.3) is 0 Å². The monoisotopic (exact) mass is 438 g/mol. The Hall–Kier alpha value is -2.16. The van der Waals surface area contributed by atoms with Crippen LogP contribution in [0.1, 0.15) is 13.3 Å². The summed E-state index contributed by atoms with van der Waals surface area (Å²) in [5, 5.41) is 0.453. The number of halogens is 1. The molecule has 1 heterocycles. The van der Waals surface area contributed by atoms with Gasteiger partial charge in [0.2, 0.25) is 5.91 Å². The van der Waals surface area contributed by atoms with Gasteiger partial charge in [0.15, 0.2) is 14.6 Å². The van der Waals surface area contributed by atoms with Crippen LogP contribution >= 0.6 is 22.9 Å². The fraction of sp³-hybridized carbons (Fsp3) is 0.263. The average Bonchev–Trinajstić information content (AvgIpc) is 2.97. The Kier molecular flexibility index (Phi) is 6.22. The number of nitrogens with zero attached hydrogens (tertiary/aromatic N) is 2. The Labute approximate surface area is 172 Å². The molecule has 1 amide bonds. The van der Waals surface area contributed by atoms with Crippen LogP contribution in [0.25, 0.3) is 10.2 Å². The minimum absolute atomic E-state index is 0.137. The molecule has 0 atom stereocenters. The molecule has 0 radical (unpaired) electrons. The lowest BCUT2D eigenvalue weighted by Gasteiger charge is -2.05. The van der Waals surface area contributed by atoms with Gasteiger partial charge in [0, 0.05) is 18.5 Å². The molecule has 0 N–H and O–H groups in total. The normalized spacial score (nSPS) is 12.5. The summed E-state index contributed by atoms with van der Waals surface area (Å²) in [4.78, 5) is 17.0. The Morgan fingerprint density at radius 2 is 1.93 bits per heavy atom. The molecule has 0 fully saturated rings. The van der Waals surface area contributed by atoms with Gasteiger partial charge in [-0.3, -0.25) is 4.79 Å². The van der Waals surface area contributed by atoms with E-state index in [4.69, 9.17) is 16.3 Å². The first kappa shape index (κ1) is 20.6. The summed E-state index contributed by atoms with van der Waals surface area (Å²) in [6.07, 6.45) is -0.197. The van der Waals surface area contributed by atoms with Crippen molar-refractivity contribution in [2.24, 2.45) is 12.0 Å². The summed E-state index contributed by atoms with van der Waals surface area (Å²) in [7, 11) is -1.77. The van der Waals surface area contributed by atoms with Crippen LogP contribution in [0.5, 0.6) is 5.75 Å². The van der Waals surface area contributed by atoms with Gasteiger partial charge in [-0.1, -0.05) is 29.0 Å². The lowest BCUT2D eigenvalue weighted by Crippen LogP contribution is -2.16. The minimum Gasteiger partial charge on any atom is -0.492 e. The van der Waals surface area contributed by atoms with Crippen molar-refractivity contribution < 1.29 is 17.9 Å². The Balaban J connectivity index is 1.82. The molecular formula is C19H19ClN2O4S2. The number of aromatic nitrogens is 1. The Bertz CT molecular complexity index is 1180. The second-order valence-corrected chi connectivity index (χ2v) is 9.56. The Morgan fingerprint density at radius 3 is 2.61 bits per heavy atom. The highest BCUT2D eigenvalue weighted by Crippen LogP contribution is 2.26. The number of benzene rings is 2. The van der Waals surface area contributed by atoms with E-state index in [1.165, 1.54) is 35.6 Å². The molecule has 9 heteroatoms. The van der Waals surface area contributed by atoms with Gasteiger partial charge in [0.1, 0.15) is 11.3 Å². The topological polar surface area (TPSA) is 77.7 Å². The van der Waals surface area contributed by atoms with Crippen LogP contribution < -0.4 is 9.54 Å². The van der Waals surface area contributed by atoms with E-state index in [2.05, 4.69) is 4.99 Å². The molecule has 28 heavy (non-hydrogen) atoms. The zero-order valence-electron chi connectivity index (χ0n) is 15.4. The number of rotatable bonds is 6. The maximum absolute atomic E-state index is 12.4. The lowest BCUT2D eigenvalue weighted by atomic mass is 10.3. The van der Waals surface area contributed by atoms with Gasteiger partial charge < -0.3 is 9.30 Å². The molecule has 148 valence electrons. The number of ether oxygens (including phenoxy) is 1. The van der Waals surface area contributed by atoms with Crippen LogP contribution in [0.2, 0.25) is 5.02 Å². The number of thiazole rings is 1. The zero-order valence-corrected chi connectivity index (χ0v) is 17.8. The number of carbonyl (C=O) groups is 1. The molecule has 6 nitrogen and oxygen atoms in total. The van der Waals surface area contributed by atoms with Gasteiger partial charge in [0.05, 0.1) is 22.0 Å². The van der Waals surface area contributed by atoms with Crippen molar-refractivity contribution in [3.8, 4) is 5.75 Å². The van der Waals surface area contributed by atoms with Crippen LogP contribution in [0, 0.1) is 0 Å². The standard InChI is InChI=1S/C19H19ClN2O4S2/c1-3-26-15-5-4-6-16-18(15)22(2)19(27-16)21-17(23)11-12-28(24,25)14-9-7-13(20)8-10-14/h4-10H,3,11-12H2,1-2H3. The predicted molar refractivity (Wildman–Crippen MR) is 111 cm³/mol. The second kappa shape index (κ2) is 8.46. The largest absolute Gasteiger partial charge is 0.492 e. The van der Waals surface area contributed by atoms with Crippen molar-refractivity contribution in [3.05, 3.63) is 52.3 Å². The predicted octanol–water partition coefficient (Wildman–Crippen LogP) is 3.58. The van der Waals surface area contributed by atoms with E-state index < -0.39 is 15.7 Å². The molecule has 2 aromatic carbocycles. The minimum atomic E-state index is -3.58. The van der Waals surface area contributed by atoms with Gasteiger partial charge in [-0.15, -0.1) is 0 Å². The van der Waals surface area contributed by atoms with Crippen molar-refractivity contribution in [1.82, 2.24) is 4.57 Å². The molecule has 0 spiro atoms. The van der Waals surface area contributed by atoms with Crippen LogP contribution in [0.4, 0.5) is 0 Å². The fourth-order valence-electron chi connectivity index (χ4n) is 2.69. The summed E-state index contributed by atoms with van der Waals surface area (Å²) in [6.45, 7) is 2.43. The summed E-state index contributed by atoms with van der Waals surface area (Å²) < 4.78 is 33.1. The first-order valence-electron chi connectivity index (χ1n) is 8.59. The molecule has 1 aromatic heterocycles. The summed E-state index contributed by atoms with van der Waals surface area (Å²) in [5.41, 5.74) is 0.856. The second-order valence-electron chi connectivity index (χ2n) is 6.01. The van der Waals surface area contributed by atoms with Crippen molar-refractivity contribution in [2.75, 3.05) is 12.4 Å². The molecule has 0 unspecified atom stereocenters. The number of aryl methyl sites for hydroxylation is 1. The van der Waals surface area contributed by atoms with Crippen LogP contribution in [-0.4, -0.2) is 31.3 Å². The van der Waals surface area contributed by atoms with E-state index in [0.717, 1.165) is 16.0 Å². The molecule has 0 saturated heterocycles. The third-order valence-corrected chi connectivity index (χ3v) is 7.14. The van der Waals surface area contributed by atoms with Gasteiger partial charge >= 0.3 is 0 Å². The van der Waals surface area contributed by atoms with Crippen LogP contribution in [0.3, 0.4) is 0 Å². The highest BCUT2D eigenvalue weighted by atomic mass is 35.5. The summed E-state index contributed by atoms with van der Waals surface area (Å²) in [5.74, 6) is -0.0777. The smallest absolute Gasteiger partial charge is 0.249 e. The van der Waals surface area contributed by atoms with E-state index in [0.29, 0.717) is 16.4 Å². The maximum atomic E-state index is 12.4. The molecule has 0 aliphatic rings. The third-order valence-electron chi connectivity index (χ3n) is 4.06. The number of hydrogen-bond acceptors (Lipinski definition) is 5. The van der Waals surface area contributed by atoms with Gasteiger partial charge in [-0.25, -0.2) is 8.42 Å². The van der Waals surface area contributed by atoms with Crippen molar-refractivity contribution >= 4 is 48.9 Å². The summed E-state index contributed by atoms with van der Waals surface area (Å²) in [6, 6.07) is 11.6. The highest BCUT2D eigenvalue weighted by molar-refractivity contribution is 7.91. The molecule has 3 aromatic rings. The van der Waals surface area contributed by atoms with E-state index in [1.54, 1.807) is 11.6 Å². The lowest BCUT2D eigenvalue weighted by molar-refractivity contribution is -0.117. The number of hydrogen-bond donors (Lipinski definition) is 0. The molecule has 0 saturated carbocycles. The maximum Gasteiger partial charge on any atom is 0.249 e. The average molecular weight is 439 g/mol. The fourth-order valence-corrected chi connectivity index (χ4v) is 5.10. The number of fused-ring (bicyclic) bond motifs is 1. The first-order chi connectivity index (χ1) is 13.3. The van der Waals surface area contributed by atoms with Crippen LogP contribution in [0.15, 0.2) is 52.4 Å². The van der Waals surface area contributed by atoms with E-state index in [1.807, 2.05) is 25.1 Å². The third kappa shape index (κ3) is 4.45. The number of amides is 1.